The molecule has 1 heterocycles. The maximum atomic E-state index is 12.1. The fourth-order valence-electron chi connectivity index (χ4n) is 3.44. The zero-order valence-electron chi connectivity index (χ0n) is 14.6. The monoisotopic (exact) mass is 356 g/mol. The number of hydrogen-bond acceptors (Lipinski definition) is 3. The molecule has 0 aliphatic heterocycles. The molecule has 25 heavy (non-hydrogen) atoms. The Morgan fingerprint density at radius 1 is 1.28 bits per heavy atom. The van der Waals surface area contributed by atoms with Crippen LogP contribution in [0, 0.1) is 4.77 Å². The fraction of sp³-hybridized carbons (Fsp3) is 0.400. The molecule has 0 atom stereocenters. The van der Waals surface area contributed by atoms with Gasteiger partial charge in [-0.25, -0.2) is 0 Å². The van der Waals surface area contributed by atoms with E-state index in [1.165, 1.54) is 11.1 Å². The molecule has 2 aliphatic rings. The zero-order chi connectivity index (χ0) is 17.6. The number of allylic oxidation sites excluding steroid dienone is 8. The van der Waals surface area contributed by atoms with E-state index in [2.05, 4.69) is 35.4 Å². The van der Waals surface area contributed by atoms with Crippen molar-refractivity contribution in [3.63, 3.8) is 0 Å². The molecule has 0 bridgehead atoms. The number of ether oxygens (including phenoxy) is 1. The van der Waals surface area contributed by atoms with E-state index in [-0.39, 0.29) is 5.56 Å². The highest BCUT2D eigenvalue weighted by molar-refractivity contribution is 7.71. The summed E-state index contributed by atoms with van der Waals surface area (Å²) in [5, 5.41) is 0. The smallest absolute Gasteiger partial charge is 0.252 e. The lowest BCUT2D eigenvalue weighted by atomic mass is 9.92. The third-order valence-electron chi connectivity index (χ3n) is 4.65. The van der Waals surface area contributed by atoms with Gasteiger partial charge in [0.25, 0.3) is 5.56 Å². The first-order chi connectivity index (χ1) is 12.2. The van der Waals surface area contributed by atoms with Gasteiger partial charge in [-0.1, -0.05) is 36.0 Å². The summed E-state index contributed by atoms with van der Waals surface area (Å²) in [7, 11) is 1.67. The Balaban J connectivity index is 2.17. The zero-order valence-corrected chi connectivity index (χ0v) is 15.4. The van der Waals surface area contributed by atoms with E-state index in [9.17, 15) is 4.79 Å². The molecular weight excluding hydrogens is 332 g/mol. The Kier molecular flexibility index (Phi) is 6.00. The van der Waals surface area contributed by atoms with E-state index in [1.54, 1.807) is 13.2 Å². The van der Waals surface area contributed by atoms with E-state index in [0.717, 1.165) is 43.4 Å². The number of nitrogens with one attached hydrogen (secondary N) is 1. The second-order valence-electron chi connectivity index (χ2n) is 6.32. The molecule has 0 amide bonds. The SMILES string of the molecule is COCCn1c(C2=CCCCC3=C2C=CC=CCC3)cc(=O)[nH]c1=S. The summed E-state index contributed by atoms with van der Waals surface area (Å²) in [6, 6.07) is 1.66. The molecule has 0 saturated carbocycles. The topological polar surface area (TPSA) is 47.0 Å². The molecule has 0 saturated heterocycles. The predicted octanol–water partition coefficient (Wildman–Crippen LogP) is 4.32. The third kappa shape index (κ3) is 4.17. The van der Waals surface area contributed by atoms with Crippen LogP contribution < -0.4 is 5.56 Å². The molecule has 132 valence electrons. The van der Waals surface area contributed by atoms with Gasteiger partial charge in [0.2, 0.25) is 0 Å². The van der Waals surface area contributed by atoms with Gasteiger partial charge in [-0.3, -0.25) is 9.78 Å². The normalized spacial score (nSPS) is 17.6. The molecule has 0 radical (unpaired) electrons. The van der Waals surface area contributed by atoms with Crippen molar-refractivity contribution < 1.29 is 4.74 Å². The molecule has 0 spiro atoms. The van der Waals surface area contributed by atoms with Gasteiger partial charge in [-0.2, -0.15) is 0 Å². The van der Waals surface area contributed by atoms with Crippen LogP contribution in [-0.4, -0.2) is 23.3 Å². The molecule has 2 aliphatic carbocycles. The highest BCUT2D eigenvalue weighted by atomic mass is 32.1. The van der Waals surface area contributed by atoms with Gasteiger partial charge in [-0.15, -0.1) is 0 Å². The van der Waals surface area contributed by atoms with E-state index in [4.69, 9.17) is 17.0 Å². The Labute approximate surface area is 153 Å². The average Bonchev–Trinajstić information content (AvgIpc) is 2.75. The summed E-state index contributed by atoms with van der Waals surface area (Å²) in [5.74, 6) is 0. The maximum absolute atomic E-state index is 12.1. The summed E-state index contributed by atoms with van der Waals surface area (Å²) in [6.07, 6.45) is 16.2. The van der Waals surface area contributed by atoms with Gasteiger partial charge >= 0.3 is 0 Å². The van der Waals surface area contributed by atoms with E-state index >= 15 is 0 Å². The van der Waals surface area contributed by atoms with Crippen molar-refractivity contribution in [2.75, 3.05) is 13.7 Å². The van der Waals surface area contributed by atoms with Gasteiger partial charge < -0.3 is 9.30 Å². The van der Waals surface area contributed by atoms with Crippen molar-refractivity contribution in [1.82, 2.24) is 9.55 Å². The highest BCUT2D eigenvalue weighted by Gasteiger charge is 2.18. The molecule has 5 heteroatoms. The Morgan fingerprint density at radius 2 is 2.16 bits per heavy atom. The Morgan fingerprint density at radius 3 is 3.00 bits per heavy atom. The van der Waals surface area contributed by atoms with E-state index in [0.29, 0.717) is 17.9 Å². The predicted molar refractivity (Wildman–Crippen MR) is 104 cm³/mol. The lowest BCUT2D eigenvalue weighted by molar-refractivity contribution is 0.186. The Hall–Kier alpha value is -1.98. The lowest BCUT2D eigenvalue weighted by Crippen LogP contribution is -2.19. The van der Waals surface area contributed by atoms with Crippen LogP contribution in [0.15, 0.2) is 52.4 Å². The van der Waals surface area contributed by atoms with Gasteiger partial charge in [0.1, 0.15) is 0 Å². The Bertz CT molecular complexity index is 868. The number of H-pyrrole nitrogens is 1. The quantitative estimate of drug-likeness (QED) is 0.817. The first kappa shape index (κ1) is 17.8. The van der Waals surface area contributed by atoms with Gasteiger partial charge in [0.05, 0.1) is 12.3 Å². The largest absolute Gasteiger partial charge is 0.383 e. The van der Waals surface area contributed by atoms with Crippen LogP contribution in [0.25, 0.3) is 5.57 Å². The number of hydrogen-bond donors (Lipinski definition) is 1. The van der Waals surface area contributed by atoms with Crippen LogP contribution in [0.3, 0.4) is 0 Å². The highest BCUT2D eigenvalue weighted by Crippen LogP contribution is 2.34. The van der Waals surface area contributed by atoms with Crippen molar-refractivity contribution in [2.45, 2.75) is 38.6 Å². The molecule has 0 fully saturated rings. The third-order valence-corrected chi connectivity index (χ3v) is 4.98. The molecule has 1 N–H and O–H groups in total. The molecule has 0 aromatic carbocycles. The minimum Gasteiger partial charge on any atom is -0.383 e. The first-order valence-corrected chi connectivity index (χ1v) is 9.21. The fourth-order valence-corrected chi connectivity index (χ4v) is 3.73. The van der Waals surface area contributed by atoms with Crippen molar-refractivity contribution >= 4 is 17.8 Å². The van der Waals surface area contributed by atoms with Crippen molar-refractivity contribution in [1.29, 1.82) is 0 Å². The van der Waals surface area contributed by atoms with Crippen molar-refractivity contribution in [3.05, 3.63) is 68.4 Å². The minimum atomic E-state index is -0.157. The molecule has 4 nitrogen and oxygen atoms in total. The number of rotatable bonds is 4. The van der Waals surface area contributed by atoms with E-state index < -0.39 is 0 Å². The first-order valence-electron chi connectivity index (χ1n) is 8.80. The number of methoxy groups -OCH3 is 1. The maximum Gasteiger partial charge on any atom is 0.252 e. The molecule has 1 aromatic rings. The van der Waals surface area contributed by atoms with Crippen molar-refractivity contribution in [2.24, 2.45) is 0 Å². The molecule has 0 unspecified atom stereocenters. The van der Waals surface area contributed by atoms with Crippen LogP contribution in [0.1, 0.15) is 37.8 Å². The van der Waals surface area contributed by atoms with Crippen LogP contribution in [0.4, 0.5) is 0 Å². The van der Waals surface area contributed by atoms with Gasteiger partial charge in [-0.05, 0) is 49.9 Å². The second-order valence-corrected chi connectivity index (χ2v) is 6.71. The minimum absolute atomic E-state index is 0.157. The van der Waals surface area contributed by atoms with Crippen molar-refractivity contribution in [3.8, 4) is 0 Å². The van der Waals surface area contributed by atoms with Crippen LogP contribution >= 0.6 is 12.2 Å². The summed E-state index contributed by atoms with van der Waals surface area (Å²) >= 11 is 5.42. The van der Waals surface area contributed by atoms with Gasteiger partial charge in [0, 0.05) is 25.3 Å². The summed E-state index contributed by atoms with van der Waals surface area (Å²) in [6.45, 7) is 1.16. The average molecular weight is 356 g/mol. The standard InChI is InChI=1S/C20H24N2O2S/c1-24-13-12-22-18(14-19(23)21-20(22)25)17-11-7-6-9-15-8-4-2-3-5-10-16(15)17/h2-3,5,10-11,14H,4,6-9,12-13H2,1H3,(H,21,23,25). The molecule has 1 aromatic heterocycles. The van der Waals surface area contributed by atoms with Crippen LogP contribution in [-0.2, 0) is 11.3 Å². The molecule has 3 rings (SSSR count). The number of aromatic nitrogens is 2. The van der Waals surface area contributed by atoms with Crippen LogP contribution in [0.2, 0.25) is 0 Å². The summed E-state index contributed by atoms with van der Waals surface area (Å²) in [5.41, 5.74) is 4.55. The number of nitrogens with zero attached hydrogens (tertiary/aromatic N) is 1. The second kappa shape index (κ2) is 8.41. The van der Waals surface area contributed by atoms with Crippen LogP contribution in [0.5, 0.6) is 0 Å². The summed E-state index contributed by atoms with van der Waals surface area (Å²) < 4.78 is 7.65. The summed E-state index contributed by atoms with van der Waals surface area (Å²) in [4.78, 5) is 14.8. The lowest BCUT2D eigenvalue weighted by Gasteiger charge is -2.19. The van der Waals surface area contributed by atoms with Gasteiger partial charge in [0.15, 0.2) is 4.77 Å². The molecular formula is C20H24N2O2S. The number of aromatic amines is 1. The van der Waals surface area contributed by atoms with E-state index in [1.807, 2.05) is 4.57 Å².